The Bertz CT molecular complexity index is 327. The van der Waals surface area contributed by atoms with Gasteiger partial charge in [-0.25, -0.2) is 0 Å². The van der Waals surface area contributed by atoms with Gasteiger partial charge in [-0.1, -0.05) is 13.0 Å². The molecule has 1 aliphatic rings. The summed E-state index contributed by atoms with van der Waals surface area (Å²) in [4.78, 5) is 0. The van der Waals surface area contributed by atoms with E-state index in [1.165, 1.54) is 18.4 Å². The van der Waals surface area contributed by atoms with Gasteiger partial charge in [0.05, 0.1) is 7.11 Å². The highest BCUT2D eigenvalue weighted by molar-refractivity contribution is 5.45. The minimum Gasteiger partial charge on any atom is -0.504 e. The summed E-state index contributed by atoms with van der Waals surface area (Å²) in [7, 11) is 1.58. The molecule has 2 rings (SSSR count). The number of hydrogen-bond acceptors (Lipinski definition) is 2. The highest BCUT2D eigenvalue weighted by Crippen LogP contribution is 2.49. The van der Waals surface area contributed by atoms with E-state index in [9.17, 15) is 5.11 Å². The molecule has 70 valence electrons. The number of benzene rings is 1. The summed E-state index contributed by atoms with van der Waals surface area (Å²) >= 11 is 0. The van der Waals surface area contributed by atoms with E-state index in [0.29, 0.717) is 11.2 Å². The van der Waals surface area contributed by atoms with Gasteiger partial charge in [0.1, 0.15) is 0 Å². The maximum Gasteiger partial charge on any atom is 0.160 e. The lowest BCUT2D eigenvalue weighted by Crippen LogP contribution is -1.99. The van der Waals surface area contributed by atoms with Crippen molar-refractivity contribution in [3.05, 3.63) is 23.8 Å². The summed E-state index contributed by atoms with van der Waals surface area (Å²) in [6, 6.07) is 5.62. The summed E-state index contributed by atoms with van der Waals surface area (Å²) in [5.74, 6) is 0.793. The number of ether oxygens (including phenoxy) is 1. The maximum absolute atomic E-state index is 9.40. The normalized spacial score (nSPS) is 18.3. The van der Waals surface area contributed by atoms with E-state index in [4.69, 9.17) is 4.74 Å². The van der Waals surface area contributed by atoms with E-state index in [1.807, 2.05) is 12.1 Å². The Hall–Kier alpha value is -1.18. The van der Waals surface area contributed by atoms with E-state index in [2.05, 4.69) is 6.92 Å². The van der Waals surface area contributed by atoms with E-state index >= 15 is 0 Å². The highest BCUT2D eigenvalue weighted by atomic mass is 16.5. The van der Waals surface area contributed by atoms with Crippen LogP contribution < -0.4 is 4.74 Å². The molecular weight excluding hydrogens is 164 g/mol. The molecule has 1 fully saturated rings. The van der Waals surface area contributed by atoms with Crippen molar-refractivity contribution in [2.24, 2.45) is 0 Å². The Morgan fingerprint density at radius 1 is 1.38 bits per heavy atom. The van der Waals surface area contributed by atoms with Crippen LogP contribution in [0.5, 0.6) is 11.5 Å². The zero-order valence-corrected chi connectivity index (χ0v) is 8.00. The van der Waals surface area contributed by atoms with Crippen LogP contribution in [0, 0.1) is 0 Å². The van der Waals surface area contributed by atoms with Gasteiger partial charge in [-0.3, -0.25) is 0 Å². The zero-order valence-electron chi connectivity index (χ0n) is 8.00. The Kier molecular flexibility index (Phi) is 1.72. The zero-order chi connectivity index (χ0) is 9.47. The van der Waals surface area contributed by atoms with Gasteiger partial charge in [-0.2, -0.15) is 0 Å². The molecule has 1 aromatic rings. The number of rotatable bonds is 2. The second kappa shape index (κ2) is 2.66. The minimum atomic E-state index is 0.218. The van der Waals surface area contributed by atoms with Gasteiger partial charge in [0.15, 0.2) is 11.5 Å². The molecule has 0 aromatic heterocycles. The number of phenols is 1. The van der Waals surface area contributed by atoms with Crippen molar-refractivity contribution in [1.82, 2.24) is 0 Å². The standard InChI is InChI=1S/C11H14O2/c1-11(5-6-11)8-3-4-9(12)10(7-8)13-2/h3-4,7,12H,5-6H2,1-2H3. The lowest BCUT2D eigenvalue weighted by Gasteiger charge is -2.11. The Morgan fingerprint density at radius 2 is 2.08 bits per heavy atom. The number of phenolic OH excluding ortho intramolecular Hbond substituents is 1. The van der Waals surface area contributed by atoms with Crippen LogP contribution in [0.4, 0.5) is 0 Å². The SMILES string of the molecule is COc1cc(C2(C)CC2)ccc1O. The summed E-state index contributed by atoms with van der Waals surface area (Å²) < 4.78 is 5.06. The Morgan fingerprint density at radius 3 is 2.62 bits per heavy atom. The van der Waals surface area contributed by atoms with Gasteiger partial charge in [-0.05, 0) is 36.0 Å². The first kappa shape index (κ1) is 8.42. The minimum absolute atomic E-state index is 0.218. The van der Waals surface area contributed by atoms with Crippen LogP contribution in [-0.2, 0) is 5.41 Å². The molecule has 0 heterocycles. The molecular formula is C11H14O2. The Labute approximate surface area is 78.2 Å². The summed E-state index contributed by atoms with van der Waals surface area (Å²) in [5, 5.41) is 9.40. The summed E-state index contributed by atoms with van der Waals surface area (Å²) in [6.07, 6.45) is 2.47. The molecule has 1 aliphatic carbocycles. The molecule has 1 aromatic carbocycles. The van der Waals surface area contributed by atoms with Crippen molar-refractivity contribution in [3.8, 4) is 11.5 Å². The van der Waals surface area contributed by atoms with Crippen LogP contribution in [0.2, 0.25) is 0 Å². The molecule has 2 nitrogen and oxygen atoms in total. The third-order valence-electron chi connectivity index (χ3n) is 2.88. The van der Waals surface area contributed by atoms with Crippen molar-refractivity contribution in [2.75, 3.05) is 7.11 Å². The van der Waals surface area contributed by atoms with E-state index < -0.39 is 0 Å². The molecule has 0 saturated heterocycles. The molecule has 0 radical (unpaired) electrons. The number of aromatic hydroxyl groups is 1. The molecule has 1 saturated carbocycles. The van der Waals surface area contributed by atoms with Gasteiger partial charge in [0.2, 0.25) is 0 Å². The molecule has 0 spiro atoms. The quantitative estimate of drug-likeness (QED) is 0.753. The largest absolute Gasteiger partial charge is 0.504 e. The van der Waals surface area contributed by atoms with E-state index in [1.54, 1.807) is 13.2 Å². The Balaban J connectivity index is 2.39. The lowest BCUT2D eigenvalue weighted by atomic mass is 9.98. The molecule has 0 amide bonds. The van der Waals surface area contributed by atoms with Crippen LogP contribution in [0.15, 0.2) is 18.2 Å². The van der Waals surface area contributed by atoms with E-state index in [-0.39, 0.29) is 5.75 Å². The van der Waals surface area contributed by atoms with Gasteiger partial charge in [0, 0.05) is 0 Å². The van der Waals surface area contributed by atoms with Crippen molar-refractivity contribution >= 4 is 0 Å². The summed E-state index contributed by atoms with van der Waals surface area (Å²) in [6.45, 7) is 2.23. The first-order chi connectivity index (χ1) is 6.15. The van der Waals surface area contributed by atoms with Gasteiger partial charge in [-0.15, -0.1) is 0 Å². The average molecular weight is 178 g/mol. The second-order valence-corrected chi connectivity index (χ2v) is 3.95. The predicted octanol–water partition coefficient (Wildman–Crippen LogP) is 2.45. The monoisotopic (exact) mass is 178 g/mol. The molecule has 0 aliphatic heterocycles. The first-order valence-electron chi connectivity index (χ1n) is 4.53. The highest BCUT2D eigenvalue weighted by Gasteiger charge is 2.39. The first-order valence-corrected chi connectivity index (χ1v) is 4.53. The van der Waals surface area contributed by atoms with Gasteiger partial charge in [0.25, 0.3) is 0 Å². The van der Waals surface area contributed by atoms with E-state index in [0.717, 1.165) is 0 Å². The summed E-state index contributed by atoms with van der Waals surface area (Å²) in [5.41, 5.74) is 1.60. The molecule has 0 unspecified atom stereocenters. The smallest absolute Gasteiger partial charge is 0.160 e. The van der Waals surface area contributed by atoms with Crippen LogP contribution in [0.3, 0.4) is 0 Å². The lowest BCUT2D eigenvalue weighted by molar-refractivity contribution is 0.372. The van der Waals surface area contributed by atoms with Crippen LogP contribution in [0.25, 0.3) is 0 Å². The average Bonchev–Trinajstić information content (AvgIpc) is 2.86. The van der Waals surface area contributed by atoms with Crippen molar-refractivity contribution < 1.29 is 9.84 Å². The fourth-order valence-corrected chi connectivity index (χ4v) is 1.53. The fourth-order valence-electron chi connectivity index (χ4n) is 1.53. The number of hydrogen-bond donors (Lipinski definition) is 1. The predicted molar refractivity (Wildman–Crippen MR) is 51.2 cm³/mol. The molecule has 2 heteroatoms. The molecule has 0 atom stereocenters. The number of methoxy groups -OCH3 is 1. The molecule has 0 bridgehead atoms. The van der Waals surface area contributed by atoms with Gasteiger partial charge >= 0.3 is 0 Å². The third kappa shape index (κ3) is 1.37. The molecule has 13 heavy (non-hydrogen) atoms. The topological polar surface area (TPSA) is 29.5 Å². The van der Waals surface area contributed by atoms with Crippen LogP contribution in [0.1, 0.15) is 25.3 Å². The fraction of sp³-hybridized carbons (Fsp3) is 0.455. The third-order valence-corrected chi connectivity index (χ3v) is 2.88. The van der Waals surface area contributed by atoms with Crippen molar-refractivity contribution in [3.63, 3.8) is 0 Å². The van der Waals surface area contributed by atoms with Crippen molar-refractivity contribution in [2.45, 2.75) is 25.2 Å². The molecule has 1 N–H and O–H groups in total. The second-order valence-electron chi connectivity index (χ2n) is 3.95. The van der Waals surface area contributed by atoms with Crippen molar-refractivity contribution in [1.29, 1.82) is 0 Å². The van der Waals surface area contributed by atoms with Crippen LogP contribution >= 0.6 is 0 Å². The maximum atomic E-state index is 9.40. The van der Waals surface area contributed by atoms with Gasteiger partial charge < -0.3 is 9.84 Å². The van der Waals surface area contributed by atoms with Crippen LogP contribution in [-0.4, -0.2) is 12.2 Å².